The molecule has 148 valence electrons. The molecule has 30 heavy (non-hydrogen) atoms. The van der Waals surface area contributed by atoms with E-state index in [1.165, 1.54) is 10.7 Å². The minimum absolute atomic E-state index is 0.148. The van der Waals surface area contributed by atoms with E-state index in [0.717, 1.165) is 11.1 Å². The van der Waals surface area contributed by atoms with Gasteiger partial charge in [-0.2, -0.15) is 5.10 Å². The molecule has 0 saturated heterocycles. The standard InChI is InChI=1S/C24H19N3O3/c28-23(22(17-10-4-1-5-11-17)18-12-6-2-7-13-18)25-21-16-20(24(29)30)26-27(21)19-14-8-3-9-15-19/h1-16,22H,(H,25,28)(H,29,30). The Labute approximate surface area is 173 Å². The number of carboxylic acid groups (broad SMARTS) is 1. The molecule has 1 amide bonds. The Balaban J connectivity index is 1.74. The summed E-state index contributed by atoms with van der Waals surface area (Å²) < 4.78 is 1.42. The van der Waals surface area contributed by atoms with Gasteiger partial charge in [-0.1, -0.05) is 78.9 Å². The zero-order chi connectivity index (χ0) is 20.9. The van der Waals surface area contributed by atoms with E-state index in [1.807, 2.05) is 78.9 Å². The molecule has 0 saturated carbocycles. The smallest absolute Gasteiger partial charge is 0.356 e. The number of hydrogen-bond acceptors (Lipinski definition) is 3. The Morgan fingerprint density at radius 3 is 1.80 bits per heavy atom. The minimum atomic E-state index is -1.16. The van der Waals surface area contributed by atoms with Crippen LogP contribution in [0.2, 0.25) is 0 Å². The number of carboxylic acids is 1. The topological polar surface area (TPSA) is 84.2 Å². The molecule has 6 nitrogen and oxygen atoms in total. The Hall–Kier alpha value is -4.19. The summed E-state index contributed by atoms with van der Waals surface area (Å²) in [6, 6.07) is 29.4. The van der Waals surface area contributed by atoms with Crippen LogP contribution >= 0.6 is 0 Å². The Kier molecular flexibility index (Phi) is 5.39. The normalized spacial score (nSPS) is 10.7. The van der Waals surface area contributed by atoms with Crippen LogP contribution in [0.3, 0.4) is 0 Å². The molecule has 0 radical (unpaired) electrons. The van der Waals surface area contributed by atoms with E-state index in [4.69, 9.17) is 0 Å². The first-order valence-electron chi connectivity index (χ1n) is 9.43. The third kappa shape index (κ3) is 3.98. The fraction of sp³-hybridized carbons (Fsp3) is 0.0417. The molecular formula is C24H19N3O3. The average molecular weight is 397 g/mol. The van der Waals surface area contributed by atoms with E-state index in [1.54, 1.807) is 12.1 Å². The predicted molar refractivity (Wildman–Crippen MR) is 114 cm³/mol. The van der Waals surface area contributed by atoms with Crippen LogP contribution in [0, 0.1) is 0 Å². The van der Waals surface area contributed by atoms with Crippen LogP contribution in [0.25, 0.3) is 5.69 Å². The SMILES string of the molecule is O=C(O)c1cc(NC(=O)C(c2ccccc2)c2ccccc2)n(-c2ccccc2)n1. The fourth-order valence-corrected chi connectivity index (χ4v) is 3.33. The molecule has 0 unspecified atom stereocenters. The number of carbonyl (C=O) groups excluding carboxylic acids is 1. The summed E-state index contributed by atoms with van der Waals surface area (Å²) in [6.45, 7) is 0. The number of anilines is 1. The first-order chi connectivity index (χ1) is 14.6. The molecular weight excluding hydrogens is 378 g/mol. The van der Waals surface area contributed by atoms with Gasteiger partial charge in [0.2, 0.25) is 5.91 Å². The number of rotatable bonds is 6. The summed E-state index contributed by atoms with van der Waals surface area (Å²) in [4.78, 5) is 24.8. The molecule has 3 aromatic carbocycles. The van der Waals surface area contributed by atoms with Gasteiger partial charge in [0.25, 0.3) is 0 Å². The van der Waals surface area contributed by atoms with E-state index < -0.39 is 11.9 Å². The van der Waals surface area contributed by atoms with Crippen molar-refractivity contribution < 1.29 is 14.7 Å². The van der Waals surface area contributed by atoms with Crippen molar-refractivity contribution in [1.82, 2.24) is 9.78 Å². The van der Waals surface area contributed by atoms with Gasteiger partial charge in [0.15, 0.2) is 5.69 Å². The molecule has 0 aliphatic rings. The number of aromatic carboxylic acids is 1. The first kappa shape index (κ1) is 19.1. The summed E-state index contributed by atoms with van der Waals surface area (Å²) in [5.74, 6) is -1.70. The second-order valence-electron chi connectivity index (χ2n) is 6.71. The van der Waals surface area contributed by atoms with Crippen LogP contribution < -0.4 is 5.32 Å². The maximum atomic E-state index is 13.4. The Bertz CT molecular complexity index is 1120. The van der Waals surface area contributed by atoms with E-state index >= 15 is 0 Å². The van der Waals surface area contributed by atoms with Crippen LogP contribution in [0.5, 0.6) is 0 Å². The quantitative estimate of drug-likeness (QED) is 0.507. The first-order valence-corrected chi connectivity index (χ1v) is 9.43. The van der Waals surface area contributed by atoms with Crippen LogP contribution in [0.15, 0.2) is 97.1 Å². The highest BCUT2D eigenvalue weighted by atomic mass is 16.4. The molecule has 4 rings (SSSR count). The lowest BCUT2D eigenvalue weighted by Gasteiger charge is -2.18. The van der Waals surface area contributed by atoms with Crippen LogP contribution in [-0.4, -0.2) is 26.8 Å². The van der Waals surface area contributed by atoms with Gasteiger partial charge in [-0.25, -0.2) is 9.48 Å². The highest BCUT2D eigenvalue weighted by Gasteiger charge is 2.25. The van der Waals surface area contributed by atoms with E-state index in [9.17, 15) is 14.7 Å². The predicted octanol–water partition coefficient (Wildman–Crippen LogP) is 4.34. The van der Waals surface area contributed by atoms with Crippen molar-refractivity contribution in [2.45, 2.75) is 5.92 Å². The van der Waals surface area contributed by atoms with Crippen molar-refractivity contribution in [2.24, 2.45) is 0 Å². The summed E-state index contributed by atoms with van der Waals surface area (Å²) >= 11 is 0. The van der Waals surface area contributed by atoms with Crippen LogP contribution in [0.4, 0.5) is 5.82 Å². The molecule has 4 aromatic rings. The molecule has 1 heterocycles. The van der Waals surface area contributed by atoms with Crippen LogP contribution in [-0.2, 0) is 4.79 Å². The number of nitrogens with zero attached hydrogens (tertiary/aromatic N) is 2. The molecule has 0 aliphatic heterocycles. The highest BCUT2D eigenvalue weighted by molar-refractivity contribution is 5.98. The lowest BCUT2D eigenvalue weighted by molar-refractivity contribution is -0.116. The van der Waals surface area contributed by atoms with Crippen molar-refractivity contribution in [3.8, 4) is 5.69 Å². The van der Waals surface area contributed by atoms with Crippen molar-refractivity contribution in [2.75, 3.05) is 5.32 Å². The van der Waals surface area contributed by atoms with Gasteiger partial charge in [0, 0.05) is 6.07 Å². The summed E-state index contributed by atoms with van der Waals surface area (Å²) in [6.07, 6.45) is 0. The second kappa shape index (κ2) is 8.45. The molecule has 0 aliphatic carbocycles. The number of carbonyl (C=O) groups is 2. The molecule has 0 spiro atoms. The summed E-state index contributed by atoms with van der Waals surface area (Å²) in [5.41, 5.74) is 2.18. The summed E-state index contributed by atoms with van der Waals surface area (Å²) in [5, 5.41) is 16.4. The number of aromatic nitrogens is 2. The molecule has 1 aromatic heterocycles. The molecule has 0 bridgehead atoms. The third-order valence-corrected chi connectivity index (χ3v) is 4.71. The molecule has 0 fully saturated rings. The zero-order valence-electron chi connectivity index (χ0n) is 16.0. The Morgan fingerprint density at radius 2 is 1.30 bits per heavy atom. The fourth-order valence-electron chi connectivity index (χ4n) is 3.33. The number of nitrogens with one attached hydrogen (secondary N) is 1. The van der Waals surface area contributed by atoms with Crippen molar-refractivity contribution in [3.05, 3.63) is 114 Å². The highest BCUT2D eigenvalue weighted by Crippen LogP contribution is 2.27. The second-order valence-corrected chi connectivity index (χ2v) is 6.71. The lowest BCUT2D eigenvalue weighted by Crippen LogP contribution is -2.23. The van der Waals surface area contributed by atoms with Gasteiger partial charge in [-0.15, -0.1) is 0 Å². The molecule has 2 N–H and O–H groups in total. The number of benzene rings is 3. The third-order valence-electron chi connectivity index (χ3n) is 4.71. The van der Waals surface area contributed by atoms with Gasteiger partial charge in [-0.05, 0) is 23.3 Å². The average Bonchev–Trinajstić information content (AvgIpc) is 3.20. The monoisotopic (exact) mass is 397 g/mol. The maximum Gasteiger partial charge on any atom is 0.356 e. The van der Waals surface area contributed by atoms with Crippen LogP contribution in [0.1, 0.15) is 27.5 Å². The lowest BCUT2D eigenvalue weighted by atomic mass is 9.90. The van der Waals surface area contributed by atoms with Crippen molar-refractivity contribution in [3.63, 3.8) is 0 Å². The Morgan fingerprint density at radius 1 is 0.800 bits per heavy atom. The van der Waals surface area contributed by atoms with E-state index in [-0.39, 0.29) is 11.6 Å². The van der Waals surface area contributed by atoms with E-state index in [0.29, 0.717) is 11.5 Å². The van der Waals surface area contributed by atoms with Crippen molar-refractivity contribution >= 4 is 17.7 Å². The number of amides is 1. The summed E-state index contributed by atoms with van der Waals surface area (Å²) in [7, 11) is 0. The van der Waals surface area contributed by atoms with Crippen molar-refractivity contribution in [1.29, 1.82) is 0 Å². The van der Waals surface area contributed by atoms with Gasteiger partial charge < -0.3 is 10.4 Å². The van der Waals surface area contributed by atoms with E-state index in [2.05, 4.69) is 10.4 Å². The van der Waals surface area contributed by atoms with Gasteiger partial charge in [0.05, 0.1) is 11.6 Å². The molecule has 6 heteroatoms. The largest absolute Gasteiger partial charge is 0.476 e. The number of para-hydroxylation sites is 1. The minimum Gasteiger partial charge on any atom is -0.476 e. The van der Waals surface area contributed by atoms with Gasteiger partial charge in [0.1, 0.15) is 5.82 Å². The maximum absolute atomic E-state index is 13.4. The number of hydrogen-bond donors (Lipinski definition) is 2. The zero-order valence-corrected chi connectivity index (χ0v) is 16.0. The van der Waals surface area contributed by atoms with Gasteiger partial charge in [-0.3, -0.25) is 4.79 Å². The van der Waals surface area contributed by atoms with Gasteiger partial charge >= 0.3 is 5.97 Å². The molecule has 0 atom stereocenters.